The molecule has 0 bridgehead atoms. The van der Waals surface area contributed by atoms with E-state index in [1.807, 2.05) is 0 Å². The summed E-state index contributed by atoms with van der Waals surface area (Å²) in [5.74, 6) is -0.660. The fourth-order valence-electron chi connectivity index (χ4n) is 5.87. The van der Waals surface area contributed by atoms with Crippen molar-refractivity contribution in [2.24, 2.45) is 0 Å². The van der Waals surface area contributed by atoms with Crippen molar-refractivity contribution in [2.75, 3.05) is 0 Å². The number of hydrogen-bond acceptors (Lipinski definition) is 3. The average Bonchev–Trinajstić information content (AvgIpc) is 2.99. The SMILES string of the molecule is CCCCCCCC/C=C\CCCCCCCCCCCC(=O)OC(CCCC)CCCCCCCCCCCC(=O)O. The molecular weight excluding hydrogens is 532 g/mol. The molecule has 0 aromatic carbocycles. The number of carbonyl (C=O) groups is 2. The molecular formula is C39H74O4. The van der Waals surface area contributed by atoms with Gasteiger partial charge in [-0.3, -0.25) is 9.59 Å². The standard InChI is InChI=1S/C39H74O4/c1-3-5-7-8-9-10-11-12-13-14-15-16-17-18-19-23-26-29-32-36-39(42)43-37(33-6-4-2)34-30-27-24-21-20-22-25-28-31-35-38(40)41/h12-13,37H,3-11,14-36H2,1-2H3,(H,40,41)/b13-12-. The Hall–Kier alpha value is -1.32. The normalized spacial score (nSPS) is 12.2. The summed E-state index contributed by atoms with van der Waals surface area (Å²) in [4.78, 5) is 23.0. The first kappa shape index (κ1) is 41.7. The van der Waals surface area contributed by atoms with Gasteiger partial charge >= 0.3 is 11.9 Å². The second kappa shape index (κ2) is 35.2. The van der Waals surface area contributed by atoms with Crippen LogP contribution in [0.2, 0.25) is 0 Å². The van der Waals surface area contributed by atoms with E-state index >= 15 is 0 Å². The lowest BCUT2D eigenvalue weighted by Crippen LogP contribution is -2.18. The Bertz CT molecular complexity index is 614. The molecule has 4 nitrogen and oxygen atoms in total. The van der Waals surface area contributed by atoms with Crippen molar-refractivity contribution in [1.29, 1.82) is 0 Å². The average molecular weight is 607 g/mol. The van der Waals surface area contributed by atoms with Gasteiger partial charge in [0.15, 0.2) is 0 Å². The highest BCUT2D eigenvalue weighted by atomic mass is 16.5. The smallest absolute Gasteiger partial charge is 0.306 e. The van der Waals surface area contributed by atoms with Crippen LogP contribution in [0.25, 0.3) is 0 Å². The minimum atomic E-state index is -0.678. The van der Waals surface area contributed by atoms with E-state index < -0.39 is 5.97 Å². The van der Waals surface area contributed by atoms with Crippen LogP contribution in [0, 0.1) is 0 Å². The van der Waals surface area contributed by atoms with Gasteiger partial charge in [-0.25, -0.2) is 0 Å². The summed E-state index contributed by atoms with van der Waals surface area (Å²) in [5, 5.41) is 8.68. The molecule has 4 heteroatoms. The molecule has 0 fully saturated rings. The molecule has 0 aromatic rings. The number of allylic oxidation sites excluding steroid dienone is 2. The number of rotatable bonds is 35. The monoisotopic (exact) mass is 607 g/mol. The van der Waals surface area contributed by atoms with Crippen LogP contribution in [-0.2, 0) is 14.3 Å². The molecule has 1 atom stereocenters. The number of aliphatic carboxylic acids is 1. The Balaban J connectivity index is 3.60. The number of hydrogen-bond donors (Lipinski definition) is 1. The Morgan fingerprint density at radius 3 is 1.33 bits per heavy atom. The van der Waals surface area contributed by atoms with Gasteiger partial charge in [0, 0.05) is 12.8 Å². The number of carboxylic acid groups (broad SMARTS) is 1. The van der Waals surface area contributed by atoms with E-state index in [9.17, 15) is 9.59 Å². The van der Waals surface area contributed by atoms with E-state index in [1.165, 1.54) is 128 Å². The Kier molecular flexibility index (Phi) is 34.1. The van der Waals surface area contributed by atoms with Crippen molar-refractivity contribution >= 4 is 11.9 Å². The van der Waals surface area contributed by atoms with Gasteiger partial charge in [0.25, 0.3) is 0 Å². The third-order valence-electron chi connectivity index (χ3n) is 8.74. The zero-order valence-electron chi connectivity index (χ0n) is 29.0. The molecule has 0 aliphatic heterocycles. The van der Waals surface area contributed by atoms with E-state index in [2.05, 4.69) is 26.0 Å². The van der Waals surface area contributed by atoms with Gasteiger partial charge in [0.2, 0.25) is 0 Å². The minimum absolute atomic E-state index is 0.0185. The summed E-state index contributed by atoms with van der Waals surface area (Å²) < 4.78 is 5.90. The number of ether oxygens (including phenoxy) is 1. The third-order valence-corrected chi connectivity index (χ3v) is 8.74. The fraction of sp³-hybridized carbons (Fsp3) is 0.897. The van der Waals surface area contributed by atoms with Gasteiger partial charge in [-0.1, -0.05) is 161 Å². The fourth-order valence-corrected chi connectivity index (χ4v) is 5.87. The van der Waals surface area contributed by atoms with Gasteiger partial charge in [-0.2, -0.15) is 0 Å². The molecule has 0 aliphatic carbocycles. The predicted molar refractivity (Wildman–Crippen MR) is 186 cm³/mol. The lowest BCUT2D eigenvalue weighted by atomic mass is 10.0. The largest absolute Gasteiger partial charge is 0.481 e. The summed E-state index contributed by atoms with van der Waals surface area (Å²) in [6.45, 7) is 4.48. The molecule has 0 amide bonds. The van der Waals surface area contributed by atoms with Crippen LogP contribution in [0.15, 0.2) is 12.2 Å². The number of carbonyl (C=O) groups excluding carboxylic acids is 1. The lowest BCUT2D eigenvalue weighted by molar-refractivity contribution is -0.150. The third kappa shape index (κ3) is 35.0. The Morgan fingerprint density at radius 1 is 0.488 bits per heavy atom. The minimum Gasteiger partial charge on any atom is -0.481 e. The summed E-state index contributed by atoms with van der Waals surface area (Å²) in [5.41, 5.74) is 0. The first-order valence-electron chi connectivity index (χ1n) is 19.2. The number of carboxylic acids is 1. The molecule has 0 aliphatic rings. The second-order valence-electron chi connectivity index (χ2n) is 13.1. The van der Waals surface area contributed by atoms with E-state index in [4.69, 9.17) is 9.84 Å². The van der Waals surface area contributed by atoms with Gasteiger partial charge in [-0.05, 0) is 57.8 Å². The summed E-state index contributed by atoms with van der Waals surface area (Å²) >= 11 is 0. The maximum absolute atomic E-state index is 12.5. The zero-order valence-corrected chi connectivity index (χ0v) is 29.0. The van der Waals surface area contributed by atoms with Gasteiger partial charge in [0.1, 0.15) is 6.10 Å². The van der Waals surface area contributed by atoms with Gasteiger partial charge in [0.05, 0.1) is 0 Å². The van der Waals surface area contributed by atoms with Crippen LogP contribution in [0.5, 0.6) is 0 Å². The summed E-state index contributed by atoms with van der Waals surface area (Å²) in [6.07, 6.45) is 42.8. The lowest BCUT2D eigenvalue weighted by Gasteiger charge is -2.18. The first-order valence-corrected chi connectivity index (χ1v) is 19.2. The molecule has 0 heterocycles. The van der Waals surface area contributed by atoms with Crippen LogP contribution in [-0.4, -0.2) is 23.1 Å². The topological polar surface area (TPSA) is 63.6 Å². The van der Waals surface area contributed by atoms with Crippen molar-refractivity contribution in [3.8, 4) is 0 Å². The molecule has 43 heavy (non-hydrogen) atoms. The molecule has 0 radical (unpaired) electrons. The Morgan fingerprint density at radius 2 is 0.860 bits per heavy atom. The van der Waals surface area contributed by atoms with Crippen molar-refractivity contribution in [1.82, 2.24) is 0 Å². The van der Waals surface area contributed by atoms with Crippen LogP contribution in [0.4, 0.5) is 0 Å². The summed E-state index contributed by atoms with van der Waals surface area (Å²) in [7, 11) is 0. The highest BCUT2D eigenvalue weighted by molar-refractivity contribution is 5.69. The molecule has 0 spiro atoms. The van der Waals surface area contributed by atoms with Crippen molar-refractivity contribution in [3.05, 3.63) is 12.2 Å². The van der Waals surface area contributed by atoms with Gasteiger partial charge < -0.3 is 9.84 Å². The van der Waals surface area contributed by atoms with Crippen molar-refractivity contribution in [2.45, 2.75) is 225 Å². The molecule has 0 saturated carbocycles. The molecule has 254 valence electrons. The van der Waals surface area contributed by atoms with Crippen LogP contribution in [0.1, 0.15) is 219 Å². The molecule has 1 unspecified atom stereocenters. The summed E-state index contributed by atoms with van der Waals surface area (Å²) in [6, 6.07) is 0. The van der Waals surface area contributed by atoms with Crippen LogP contribution >= 0.6 is 0 Å². The molecule has 0 saturated heterocycles. The molecule has 0 rings (SSSR count). The number of unbranched alkanes of at least 4 members (excludes halogenated alkanes) is 24. The Labute approximate surface area is 268 Å². The highest BCUT2D eigenvalue weighted by Gasteiger charge is 2.14. The maximum Gasteiger partial charge on any atom is 0.306 e. The quantitative estimate of drug-likeness (QED) is 0.0443. The van der Waals surface area contributed by atoms with Crippen LogP contribution < -0.4 is 0 Å². The predicted octanol–water partition coefficient (Wildman–Crippen LogP) is 13.1. The maximum atomic E-state index is 12.5. The van der Waals surface area contributed by atoms with E-state index in [1.54, 1.807) is 0 Å². The number of esters is 1. The van der Waals surface area contributed by atoms with Gasteiger partial charge in [-0.15, -0.1) is 0 Å². The van der Waals surface area contributed by atoms with E-state index in [-0.39, 0.29) is 12.1 Å². The highest BCUT2D eigenvalue weighted by Crippen LogP contribution is 2.18. The van der Waals surface area contributed by atoms with E-state index in [0.29, 0.717) is 12.8 Å². The molecule has 0 aromatic heterocycles. The van der Waals surface area contributed by atoms with Crippen molar-refractivity contribution in [3.63, 3.8) is 0 Å². The zero-order chi connectivity index (χ0) is 31.5. The van der Waals surface area contributed by atoms with E-state index in [0.717, 1.165) is 64.2 Å². The first-order chi connectivity index (χ1) is 21.1. The van der Waals surface area contributed by atoms with Crippen LogP contribution in [0.3, 0.4) is 0 Å². The second-order valence-corrected chi connectivity index (χ2v) is 13.1. The molecule has 1 N–H and O–H groups in total. The van der Waals surface area contributed by atoms with Crippen molar-refractivity contribution < 1.29 is 19.4 Å².